The standard InChI is InChI=1S/C11H21BO6S/c1-16-8-9-7-11(13,10(12)18-9)5-3-4-6-17-19(2,14)15/h3,5,9-10,13H,4,6-8,12H2,1-2H3/b5-3+/t9?,10?,11-/m0/s1. The van der Waals surface area contributed by atoms with Crippen molar-refractivity contribution in [2.24, 2.45) is 0 Å². The first-order chi connectivity index (χ1) is 8.77. The lowest BCUT2D eigenvalue weighted by molar-refractivity contribution is 0.00389. The van der Waals surface area contributed by atoms with Gasteiger partial charge in [-0.2, -0.15) is 8.42 Å². The van der Waals surface area contributed by atoms with Crippen molar-refractivity contribution in [3.63, 3.8) is 0 Å². The van der Waals surface area contributed by atoms with Gasteiger partial charge in [-0.3, -0.25) is 4.18 Å². The Bertz CT molecular complexity index is 409. The van der Waals surface area contributed by atoms with E-state index in [1.54, 1.807) is 27.1 Å². The Hall–Kier alpha value is -0.405. The second-order valence-corrected chi connectivity index (χ2v) is 6.41. The predicted octanol–water partition coefficient (Wildman–Crippen LogP) is -0.965. The Balaban J connectivity index is 2.42. The van der Waals surface area contributed by atoms with E-state index in [1.165, 1.54) is 0 Å². The number of ether oxygens (including phenoxy) is 2. The van der Waals surface area contributed by atoms with Crippen LogP contribution in [0.4, 0.5) is 0 Å². The van der Waals surface area contributed by atoms with Gasteiger partial charge in [0.15, 0.2) is 0 Å². The lowest BCUT2D eigenvalue weighted by atomic mass is 9.81. The van der Waals surface area contributed by atoms with Crippen LogP contribution in [0.3, 0.4) is 0 Å². The Morgan fingerprint density at radius 1 is 1.58 bits per heavy atom. The molecule has 19 heavy (non-hydrogen) atoms. The smallest absolute Gasteiger partial charge is 0.264 e. The van der Waals surface area contributed by atoms with Gasteiger partial charge in [0.1, 0.15) is 13.4 Å². The molecule has 1 rings (SSSR count). The van der Waals surface area contributed by atoms with Crippen LogP contribution in [0, 0.1) is 0 Å². The van der Waals surface area contributed by atoms with Crippen molar-refractivity contribution < 1.29 is 27.2 Å². The minimum absolute atomic E-state index is 0.0716. The van der Waals surface area contributed by atoms with Gasteiger partial charge < -0.3 is 14.6 Å². The molecule has 110 valence electrons. The van der Waals surface area contributed by atoms with Crippen molar-refractivity contribution >= 4 is 18.0 Å². The Morgan fingerprint density at radius 2 is 2.26 bits per heavy atom. The summed E-state index contributed by atoms with van der Waals surface area (Å²) in [6.07, 6.45) is 5.12. The zero-order chi connectivity index (χ0) is 14.5. The average molecular weight is 292 g/mol. The fourth-order valence-corrected chi connectivity index (χ4v) is 2.43. The molecular weight excluding hydrogens is 271 g/mol. The molecule has 1 saturated heterocycles. The molecule has 0 radical (unpaired) electrons. The summed E-state index contributed by atoms with van der Waals surface area (Å²) in [6, 6.07) is -0.320. The molecule has 3 atom stereocenters. The molecule has 1 fully saturated rings. The van der Waals surface area contributed by atoms with Crippen molar-refractivity contribution in [2.75, 3.05) is 26.6 Å². The highest BCUT2D eigenvalue weighted by molar-refractivity contribution is 7.85. The number of hydrogen-bond donors (Lipinski definition) is 1. The van der Waals surface area contributed by atoms with Crippen LogP contribution in [0.25, 0.3) is 0 Å². The van der Waals surface area contributed by atoms with Gasteiger partial charge in [0.2, 0.25) is 0 Å². The molecule has 1 N–H and O–H groups in total. The highest BCUT2D eigenvalue weighted by Crippen LogP contribution is 2.30. The second kappa shape index (κ2) is 6.85. The van der Waals surface area contributed by atoms with Crippen LogP contribution < -0.4 is 0 Å². The van der Waals surface area contributed by atoms with Crippen molar-refractivity contribution in [3.05, 3.63) is 12.2 Å². The van der Waals surface area contributed by atoms with E-state index < -0.39 is 15.7 Å². The van der Waals surface area contributed by atoms with Gasteiger partial charge in [-0.1, -0.05) is 12.2 Å². The van der Waals surface area contributed by atoms with E-state index in [0.29, 0.717) is 19.4 Å². The molecule has 0 saturated carbocycles. The summed E-state index contributed by atoms with van der Waals surface area (Å²) in [5, 5.41) is 10.4. The Morgan fingerprint density at radius 3 is 2.84 bits per heavy atom. The lowest BCUT2D eigenvalue weighted by Crippen LogP contribution is -2.36. The van der Waals surface area contributed by atoms with E-state index in [2.05, 4.69) is 4.18 Å². The third kappa shape index (κ3) is 5.62. The van der Waals surface area contributed by atoms with E-state index in [0.717, 1.165) is 6.26 Å². The molecule has 8 heteroatoms. The summed E-state index contributed by atoms with van der Waals surface area (Å²) in [4.78, 5) is 0. The fraction of sp³-hybridized carbons (Fsp3) is 0.818. The van der Waals surface area contributed by atoms with E-state index in [1.807, 2.05) is 0 Å². The van der Waals surface area contributed by atoms with E-state index in [9.17, 15) is 13.5 Å². The van der Waals surface area contributed by atoms with Gasteiger partial charge >= 0.3 is 0 Å². The Kier molecular flexibility index (Phi) is 6.00. The zero-order valence-electron chi connectivity index (χ0n) is 11.5. The largest absolute Gasteiger partial charge is 0.384 e. The topological polar surface area (TPSA) is 82.1 Å². The van der Waals surface area contributed by atoms with Crippen molar-refractivity contribution in [1.82, 2.24) is 0 Å². The molecule has 2 unspecified atom stereocenters. The van der Waals surface area contributed by atoms with E-state index in [-0.39, 0.29) is 18.7 Å². The molecule has 0 aromatic rings. The molecule has 0 amide bonds. The number of aliphatic hydroxyl groups is 1. The number of hydrogen-bond acceptors (Lipinski definition) is 6. The summed E-state index contributed by atoms with van der Waals surface area (Å²) in [6.45, 7) is 0.514. The maximum atomic E-state index is 10.8. The van der Waals surface area contributed by atoms with E-state index >= 15 is 0 Å². The van der Waals surface area contributed by atoms with Gasteiger partial charge in [0.25, 0.3) is 10.1 Å². The molecule has 0 aliphatic carbocycles. The molecule has 0 bridgehead atoms. The zero-order valence-corrected chi connectivity index (χ0v) is 12.4. The molecular formula is C11H21BO6S. The second-order valence-electron chi connectivity index (χ2n) is 4.77. The summed E-state index contributed by atoms with van der Waals surface area (Å²) < 4.78 is 36.7. The normalized spacial score (nSPS) is 32.2. The molecule has 1 aliphatic rings. The first-order valence-electron chi connectivity index (χ1n) is 6.16. The quantitative estimate of drug-likeness (QED) is 0.281. The van der Waals surface area contributed by atoms with Gasteiger partial charge in [0.05, 0.1) is 31.6 Å². The number of methoxy groups -OCH3 is 1. The van der Waals surface area contributed by atoms with E-state index in [4.69, 9.17) is 9.47 Å². The molecule has 1 aliphatic heterocycles. The summed E-state index contributed by atoms with van der Waals surface area (Å²) in [7, 11) is -0.0177. The van der Waals surface area contributed by atoms with Gasteiger partial charge in [0, 0.05) is 13.5 Å². The minimum atomic E-state index is -3.40. The molecule has 6 nitrogen and oxygen atoms in total. The summed E-state index contributed by atoms with van der Waals surface area (Å²) in [5.74, 6) is 0. The SMILES string of the molecule is BC1OC(COC)C[C@@]1(O)/C=C/CCOS(C)(=O)=O. The first-order valence-corrected chi connectivity index (χ1v) is 7.97. The monoisotopic (exact) mass is 292 g/mol. The van der Waals surface area contributed by atoms with Crippen LogP contribution in [-0.2, 0) is 23.8 Å². The van der Waals surface area contributed by atoms with Crippen LogP contribution in [0.2, 0.25) is 0 Å². The Labute approximate surface area is 115 Å². The molecule has 0 aromatic carbocycles. The van der Waals surface area contributed by atoms with Crippen LogP contribution >= 0.6 is 0 Å². The number of rotatable bonds is 7. The summed E-state index contributed by atoms with van der Waals surface area (Å²) >= 11 is 0. The van der Waals surface area contributed by atoms with Crippen molar-refractivity contribution in [2.45, 2.75) is 30.5 Å². The van der Waals surface area contributed by atoms with Gasteiger partial charge in [-0.05, 0) is 6.42 Å². The molecule has 0 spiro atoms. The van der Waals surface area contributed by atoms with Gasteiger partial charge in [-0.25, -0.2) is 0 Å². The highest BCUT2D eigenvalue weighted by atomic mass is 32.2. The average Bonchev–Trinajstić information content (AvgIpc) is 2.53. The van der Waals surface area contributed by atoms with Gasteiger partial charge in [-0.15, -0.1) is 0 Å². The van der Waals surface area contributed by atoms with Crippen LogP contribution in [0.5, 0.6) is 0 Å². The summed E-state index contributed by atoms with van der Waals surface area (Å²) in [5.41, 5.74) is -1.03. The third-order valence-corrected chi connectivity index (χ3v) is 3.59. The molecule has 0 aromatic heterocycles. The maximum absolute atomic E-state index is 10.8. The van der Waals surface area contributed by atoms with Crippen molar-refractivity contribution in [1.29, 1.82) is 0 Å². The predicted molar refractivity (Wildman–Crippen MR) is 73.2 cm³/mol. The van der Waals surface area contributed by atoms with Crippen LogP contribution in [0.15, 0.2) is 12.2 Å². The molecule has 1 heterocycles. The van der Waals surface area contributed by atoms with Crippen molar-refractivity contribution in [3.8, 4) is 0 Å². The third-order valence-electron chi connectivity index (χ3n) is 3.00. The first kappa shape index (κ1) is 16.6. The lowest BCUT2D eigenvalue weighted by Gasteiger charge is -2.21. The minimum Gasteiger partial charge on any atom is -0.384 e. The maximum Gasteiger partial charge on any atom is 0.264 e. The fourth-order valence-electron chi connectivity index (χ4n) is 2.03. The van der Waals surface area contributed by atoms with Crippen LogP contribution in [-0.4, -0.2) is 65.7 Å². The highest BCUT2D eigenvalue weighted by Gasteiger charge is 2.42. The van der Waals surface area contributed by atoms with Crippen LogP contribution in [0.1, 0.15) is 12.8 Å².